The molecule has 1 unspecified atom stereocenters. The summed E-state index contributed by atoms with van der Waals surface area (Å²) in [5.41, 5.74) is 4.30. The highest BCUT2D eigenvalue weighted by Gasteiger charge is 2.43. The Hall–Kier alpha value is -1.47. The van der Waals surface area contributed by atoms with E-state index in [1.54, 1.807) is 14.0 Å². The molecule has 7 heteroatoms. The van der Waals surface area contributed by atoms with Gasteiger partial charge in [0.05, 0.1) is 0 Å². The van der Waals surface area contributed by atoms with Gasteiger partial charge >= 0.3 is 0 Å². The van der Waals surface area contributed by atoms with Gasteiger partial charge in [0.25, 0.3) is 5.91 Å². The van der Waals surface area contributed by atoms with Crippen molar-refractivity contribution in [3.8, 4) is 0 Å². The molecule has 0 saturated carbocycles. The van der Waals surface area contributed by atoms with E-state index in [9.17, 15) is 14.4 Å². The third kappa shape index (κ3) is 4.01. The standard InChI is InChI=1S/C13H23N3O4/c1-9-7-11(18)16(12(9)19)13(2,3)5-6-20-8-10(17)15-14-4/h9,14H,5-8H2,1-4H3,(H,15,17). The van der Waals surface area contributed by atoms with Gasteiger partial charge in [-0.2, -0.15) is 0 Å². The summed E-state index contributed by atoms with van der Waals surface area (Å²) in [5.74, 6) is -0.787. The number of carbonyl (C=O) groups is 3. The summed E-state index contributed by atoms with van der Waals surface area (Å²) in [7, 11) is 1.59. The average molecular weight is 285 g/mol. The molecule has 7 nitrogen and oxygen atoms in total. The van der Waals surface area contributed by atoms with Crippen LogP contribution in [0.25, 0.3) is 0 Å². The highest BCUT2D eigenvalue weighted by atomic mass is 16.5. The fourth-order valence-corrected chi connectivity index (χ4v) is 2.19. The molecule has 1 rings (SSSR count). The molecule has 1 fully saturated rings. The first kappa shape index (κ1) is 16.6. The van der Waals surface area contributed by atoms with Crippen molar-refractivity contribution in [3.63, 3.8) is 0 Å². The number of hydrogen-bond acceptors (Lipinski definition) is 5. The normalized spacial score (nSPS) is 19.6. The van der Waals surface area contributed by atoms with E-state index in [2.05, 4.69) is 10.9 Å². The molecule has 0 aromatic carbocycles. The molecule has 0 aliphatic carbocycles. The summed E-state index contributed by atoms with van der Waals surface area (Å²) in [5, 5.41) is 0. The summed E-state index contributed by atoms with van der Waals surface area (Å²) in [6, 6.07) is 0. The van der Waals surface area contributed by atoms with Gasteiger partial charge in [-0.25, -0.2) is 5.43 Å². The van der Waals surface area contributed by atoms with Crippen LogP contribution in [-0.4, -0.2) is 48.4 Å². The summed E-state index contributed by atoms with van der Waals surface area (Å²) in [6.45, 7) is 5.66. The second-order valence-corrected chi connectivity index (χ2v) is 5.59. The summed E-state index contributed by atoms with van der Waals surface area (Å²) >= 11 is 0. The number of ether oxygens (including phenoxy) is 1. The minimum absolute atomic E-state index is 0.0603. The zero-order valence-corrected chi connectivity index (χ0v) is 12.5. The van der Waals surface area contributed by atoms with Crippen LogP contribution in [0.1, 0.15) is 33.6 Å². The van der Waals surface area contributed by atoms with Gasteiger partial charge in [0.15, 0.2) is 0 Å². The minimum Gasteiger partial charge on any atom is -0.371 e. The fraction of sp³-hybridized carbons (Fsp3) is 0.769. The van der Waals surface area contributed by atoms with Gasteiger partial charge < -0.3 is 4.74 Å². The lowest BCUT2D eigenvalue weighted by Crippen LogP contribution is -2.48. The molecule has 3 amide bonds. The number of carbonyl (C=O) groups excluding carboxylic acids is 3. The van der Waals surface area contributed by atoms with Crippen molar-refractivity contribution in [3.05, 3.63) is 0 Å². The number of amides is 3. The molecule has 0 spiro atoms. The molecule has 2 N–H and O–H groups in total. The van der Waals surface area contributed by atoms with Crippen LogP contribution in [0.5, 0.6) is 0 Å². The number of hydrogen-bond donors (Lipinski definition) is 2. The Bertz CT molecular complexity index is 395. The Morgan fingerprint density at radius 2 is 2.10 bits per heavy atom. The largest absolute Gasteiger partial charge is 0.371 e. The van der Waals surface area contributed by atoms with Crippen LogP contribution in [0.15, 0.2) is 0 Å². The van der Waals surface area contributed by atoms with Gasteiger partial charge in [0, 0.05) is 31.5 Å². The Labute approximate surface area is 119 Å². The first-order valence-corrected chi connectivity index (χ1v) is 6.70. The third-order valence-electron chi connectivity index (χ3n) is 3.33. The van der Waals surface area contributed by atoms with Crippen LogP contribution in [0.3, 0.4) is 0 Å². The monoisotopic (exact) mass is 285 g/mol. The van der Waals surface area contributed by atoms with Crippen molar-refractivity contribution in [1.29, 1.82) is 0 Å². The fourth-order valence-electron chi connectivity index (χ4n) is 2.19. The summed E-state index contributed by atoms with van der Waals surface area (Å²) < 4.78 is 5.24. The Morgan fingerprint density at radius 3 is 2.60 bits per heavy atom. The average Bonchev–Trinajstić information content (AvgIpc) is 2.60. The predicted octanol–water partition coefficient (Wildman–Crippen LogP) is -0.183. The third-order valence-corrected chi connectivity index (χ3v) is 3.33. The van der Waals surface area contributed by atoms with Crippen molar-refractivity contribution in [1.82, 2.24) is 15.8 Å². The summed E-state index contributed by atoms with van der Waals surface area (Å²) in [6.07, 6.45) is 0.762. The lowest BCUT2D eigenvalue weighted by atomic mass is 9.99. The van der Waals surface area contributed by atoms with Gasteiger partial charge in [-0.1, -0.05) is 6.92 Å². The molecule has 0 aromatic rings. The maximum atomic E-state index is 12.0. The van der Waals surface area contributed by atoms with E-state index in [-0.39, 0.29) is 36.7 Å². The van der Waals surface area contributed by atoms with Gasteiger partial charge in [0.1, 0.15) is 6.61 Å². The molecule has 1 heterocycles. The SMILES string of the molecule is CNNC(=O)COCCC(C)(C)N1C(=O)CC(C)C1=O. The molecule has 1 saturated heterocycles. The first-order chi connectivity index (χ1) is 9.29. The van der Waals surface area contributed by atoms with Crippen LogP contribution in [0.2, 0.25) is 0 Å². The van der Waals surface area contributed by atoms with E-state index in [1.165, 1.54) is 4.90 Å². The van der Waals surface area contributed by atoms with E-state index in [4.69, 9.17) is 4.74 Å². The molecular formula is C13H23N3O4. The number of hydrazine groups is 1. The van der Waals surface area contributed by atoms with Crippen molar-refractivity contribution >= 4 is 17.7 Å². The number of nitrogens with one attached hydrogen (secondary N) is 2. The van der Waals surface area contributed by atoms with Gasteiger partial charge in [0.2, 0.25) is 11.8 Å². The lowest BCUT2D eigenvalue weighted by Gasteiger charge is -2.34. The smallest absolute Gasteiger partial charge is 0.260 e. The van der Waals surface area contributed by atoms with Gasteiger partial charge in [-0.05, 0) is 20.3 Å². The molecular weight excluding hydrogens is 262 g/mol. The highest BCUT2D eigenvalue weighted by Crippen LogP contribution is 2.29. The van der Waals surface area contributed by atoms with Crippen LogP contribution < -0.4 is 10.9 Å². The number of imide groups is 1. The lowest BCUT2D eigenvalue weighted by molar-refractivity contribution is -0.146. The van der Waals surface area contributed by atoms with Crippen molar-refractivity contribution < 1.29 is 19.1 Å². The van der Waals surface area contributed by atoms with Crippen LogP contribution in [0.4, 0.5) is 0 Å². The van der Waals surface area contributed by atoms with E-state index in [0.29, 0.717) is 13.0 Å². The molecule has 0 bridgehead atoms. The van der Waals surface area contributed by atoms with E-state index >= 15 is 0 Å². The number of nitrogens with zero attached hydrogens (tertiary/aromatic N) is 1. The predicted molar refractivity (Wildman–Crippen MR) is 72.4 cm³/mol. The van der Waals surface area contributed by atoms with E-state index < -0.39 is 5.54 Å². The second-order valence-electron chi connectivity index (χ2n) is 5.59. The van der Waals surface area contributed by atoms with Crippen molar-refractivity contribution in [2.75, 3.05) is 20.3 Å². The maximum absolute atomic E-state index is 12.0. The van der Waals surface area contributed by atoms with Crippen molar-refractivity contribution in [2.45, 2.75) is 39.2 Å². The van der Waals surface area contributed by atoms with E-state index in [0.717, 1.165) is 0 Å². The molecule has 0 aromatic heterocycles. The molecule has 1 aliphatic rings. The molecule has 1 atom stereocenters. The van der Waals surface area contributed by atoms with E-state index in [1.807, 2.05) is 13.8 Å². The molecule has 114 valence electrons. The van der Waals surface area contributed by atoms with Gasteiger partial charge in [-0.15, -0.1) is 0 Å². The van der Waals surface area contributed by atoms with Crippen LogP contribution >= 0.6 is 0 Å². The topological polar surface area (TPSA) is 87.7 Å². The highest BCUT2D eigenvalue weighted by molar-refractivity contribution is 6.04. The van der Waals surface area contributed by atoms with Gasteiger partial charge in [-0.3, -0.25) is 24.7 Å². The number of likely N-dealkylation sites (tertiary alicyclic amines) is 1. The van der Waals surface area contributed by atoms with Crippen LogP contribution in [-0.2, 0) is 19.1 Å². The molecule has 0 radical (unpaired) electrons. The minimum atomic E-state index is -0.599. The van der Waals surface area contributed by atoms with Crippen molar-refractivity contribution in [2.24, 2.45) is 5.92 Å². The maximum Gasteiger partial charge on any atom is 0.260 e. The number of rotatable bonds is 7. The first-order valence-electron chi connectivity index (χ1n) is 6.70. The zero-order chi connectivity index (χ0) is 15.3. The second kappa shape index (κ2) is 6.81. The Kier molecular flexibility index (Phi) is 5.64. The zero-order valence-electron chi connectivity index (χ0n) is 12.5. The quantitative estimate of drug-likeness (QED) is 0.385. The Morgan fingerprint density at radius 1 is 1.45 bits per heavy atom. The van der Waals surface area contributed by atoms with Crippen LogP contribution in [0, 0.1) is 5.92 Å². The summed E-state index contributed by atoms with van der Waals surface area (Å²) in [4.78, 5) is 36.3. The molecule has 1 aliphatic heterocycles. The molecule has 20 heavy (non-hydrogen) atoms. The Balaban J connectivity index is 2.44.